The summed E-state index contributed by atoms with van der Waals surface area (Å²) in [5, 5.41) is 2.74. The molecule has 6 nitrogen and oxygen atoms in total. The lowest BCUT2D eigenvalue weighted by Crippen LogP contribution is -2.51. The Labute approximate surface area is 151 Å². The highest BCUT2D eigenvalue weighted by Crippen LogP contribution is 2.26. The Balaban J connectivity index is 1.89. The molecule has 0 spiro atoms. The van der Waals surface area contributed by atoms with Gasteiger partial charge in [0.2, 0.25) is 5.91 Å². The predicted octanol–water partition coefficient (Wildman–Crippen LogP) is 1.66. The number of carbonyl (C=O) groups is 3. The molecule has 0 bridgehead atoms. The van der Waals surface area contributed by atoms with Crippen molar-refractivity contribution < 1.29 is 19.1 Å². The zero-order valence-corrected chi connectivity index (χ0v) is 14.5. The van der Waals surface area contributed by atoms with Crippen LogP contribution in [0.5, 0.6) is 0 Å². The van der Waals surface area contributed by atoms with Crippen LogP contribution < -0.4 is 5.32 Å². The Bertz CT molecular complexity index is 785. The van der Waals surface area contributed by atoms with Crippen LogP contribution in [0.1, 0.15) is 26.3 Å². The third-order valence-corrected chi connectivity index (χ3v) is 4.32. The van der Waals surface area contributed by atoms with E-state index in [0.29, 0.717) is 24.3 Å². The van der Waals surface area contributed by atoms with Gasteiger partial charge in [-0.1, -0.05) is 42.5 Å². The van der Waals surface area contributed by atoms with Crippen molar-refractivity contribution in [3.8, 4) is 0 Å². The molecule has 0 aliphatic carbocycles. The number of nitrogens with one attached hydrogen (secondary N) is 1. The minimum Gasteiger partial charge on any atom is -0.383 e. The molecule has 2 aromatic rings. The second kappa shape index (κ2) is 7.93. The molecule has 1 N–H and O–H groups in total. The molecule has 0 radical (unpaired) electrons. The second-order valence-electron chi connectivity index (χ2n) is 6.02. The maximum absolute atomic E-state index is 12.8. The standard InChI is InChI=1S/C20H20N2O4/c1-26-12-11-21-18(23)17(13-14-7-3-2-4-8-14)22-19(24)15-9-5-6-10-16(15)20(22)25/h2-10,17H,11-13H2,1H3,(H,21,23). The molecule has 134 valence electrons. The van der Waals surface area contributed by atoms with Gasteiger partial charge in [0.15, 0.2) is 0 Å². The first-order valence-electron chi connectivity index (χ1n) is 8.41. The molecule has 2 aromatic carbocycles. The summed E-state index contributed by atoms with van der Waals surface area (Å²) in [7, 11) is 1.54. The van der Waals surface area contributed by atoms with E-state index in [1.807, 2.05) is 30.3 Å². The van der Waals surface area contributed by atoms with E-state index in [1.165, 1.54) is 7.11 Å². The summed E-state index contributed by atoms with van der Waals surface area (Å²) in [6, 6.07) is 15.0. The Kier molecular flexibility index (Phi) is 5.43. The molecule has 0 saturated heterocycles. The van der Waals surface area contributed by atoms with E-state index in [1.54, 1.807) is 24.3 Å². The van der Waals surface area contributed by atoms with Crippen LogP contribution in [0.3, 0.4) is 0 Å². The number of hydrogen-bond acceptors (Lipinski definition) is 4. The maximum atomic E-state index is 12.8. The van der Waals surface area contributed by atoms with Crippen LogP contribution in [0.2, 0.25) is 0 Å². The van der Waals surface area contributed by atoms with E-state index in [4.69, 9.17) is 4.74 Å². The van der Waals surface area contributed by atoms with E-state index >= 15 is 0 Å². The fraction of sp³-hybridized carbons (Fsp3) is 0.250. The number of rotatable bonds is 7. The molecule has 1 atom stereocenters. The summed E-state index contributed by atoms with van der Waals surface area (Å²) in [6.07, 6.45) is 0.255. The lowest BCUT2D eigenvalue weighted by Gasteiger charge is -2.25. The van der Waals surface area contributed by atoms with Crippen LogP contribution in [-0.2, 0) is 16.0 Å². The van der Waals surface area contributed by atoms with Gasteiger partial charge in [-0.2, -0.15) is 0 Å². The van der Waals surface area contributed by atoms with Gasteiger partial charge in [0.25, 0.3) is 11.8 Å². The van der Waals surface area contributed by atoms with Gasteiger partial charge in [-0.3, -0.25) is 19.3 Å². The van der Waals surface area contributed by atoms with E-state index in [0.717, 1.165) is 10.5 Å². The number of nitrogens with zero attached hydrogens (tertiary/aromatic N) is 1. The lowest BCUT2D eigenvalue weighted by molar-refractivity contribution is -0.125. The quantitative estimate of drug-likeness (QED) is 0.607. The van der Waals surface area contributed by atoms with Gasteiger partial charge in [-0.05, 0) is 17.7 Å². The number of benzene rings is 2. The van der Waals surface area contributed by atoms with Crippen molar-refractivity contribution in [1.82, 2.24) is 10.2 Å². The summed E-state index contributed by atoms with van der Waals surface area (Å²) in [5.74, 6) is -1.25. The molecule has 1 aliphatic heterocycles. The van der Waals surface area contributed by atoms with Gasteiger partial charge < -0.3 is 10.1 Å². The van der Waals surface area contributed by atoms with E-state index in [-0.39, 0.29) is 12.3 Å². The highest BCUT2D eigenvalue weighted by molar-refractivity contribution is 6.22. The molecule has 26 heavy (non-hydrogen) atoms. The SMILES string of the molecule is COCCNC(=O)C(Cc1ccccc1)N1C(=O)c2ccccc2C1=O. The average molecular weight is 352 g/mol. The second-order valence-corrected chi connectivity index (χ2v) is 6.02. The molecular weight excluding hydrogens is 332 g/mol. The van der Waals surface area contributed by atoms with Gasteiger partial charge in [-0.15, -0.1) is 0 Å². The Hall–Kier alpha value is -2.99. The largest absolute Gasteiger partial charge is 0.383 e. The summed E-state index contributed by atoms with van der Waals surface area (Å²) in [5.41, 5.74) is 1.54. The number of imide groups is 1. The van der Waals surface area contributed by atoms with E-state index in [9.17, 15) is 14.4 Å². The van der Waals surface area contributed by atoms with Crippen LogP contribution in [0, 0.1) is 0 Å². The molecule has 1 heterocycles. The van der Waals surface area contributed by atoms with Crippen molar-refractivity contribution in [3.63, 3.8) is 0 Å². The van der Waals surface area contributed by atoms with Gasteiger partial charge >= 0.3 is 0 Å². The summed E-state index contributed by atoms with van der Waals surface area (Å²) < 4.78 is 4.95. The Morgan fingerprint density at radius 2 is 1.58 bits per heavy atom. The number of methoxy groups -OCH3 is 1. The minimum atomic E-state index is -0.915. The molecular formula is C20H20N2O4. The number of fused-ring (bicyclic) bond motifs is 1. The minimum absolute atomic E-state index is 0.255. The highest BCUT2D eigenvalue weighted by atomic mass is 16.5. The molecule has 3 amide bonds. The first kappa shape index (κ1) is 17.8. The van der Waals surface area contributed by atoms with Crippen molar-refractivity contribution in [2.45, 2.75) is 12.5 Å². The van der Waals surface area contributed by atoms with E-state index < -0.39 is 17.9 Å². The van der Waals surface area contributed by atoms with Crippen LogP contribution in [-0.4, -0.2) is 48.9 Å². The zero-order valence-electron chi connectivity index (χ0n) is 14.5. The van der Waals surface area contributed by atoms with Gasteiger partial charge in [-0.25, -0.2) is 0 Å². The predicted molar refractivity (Wildman–Crippen MR) is 95.8 cm³/mol. The smallest absolute Gasteiger partial charge is 0.262 e. The van der Waals surface area contributed by atoms with E-state index in [2.05, 4.69) is 5.32 Å². The van der Waals surface area contributed by atoms with Crippen LogP contribution in [0.4, 0.5) is 0 Å². The molecule has 0 aromatic heterocycles. The number of hydrogen-bond donors (Lipinski definition) is 1. The van der Waals surface area contributed by atoms with Gasteiger partial charge in [0.1, 0.15) is 6.04 Å². The number of amides is 3. The molecule has 0 fully saturated rings. The third kappa shape index (κ3) is 3.50. The van der Waals surface area contributed by atoms with Crippen molar-refractivity contribution in [2.24, 2.45) is 0 Å². The van der Waals surface area contributed by atoms with Crippen molar-refractivity contribution >= 4 is 17.7 Å². The third-order valence-electron chi connectivity index (χ3n) is 4.32. The van der Waals surface area contributed by atoms with Crippen molar-refractivity contribution in [2.75, 3.05) is 20.3 Å². The lowest BCUT2D eigenvalue weighted by atomic mass is 10.0. The molecule has 1 unspecified atom stereocenters. The topological polar surface area (TPSA) is 75.7 Å². The molecule has 3 rings (SSSR count). The maximum Gasteiger partial charge on any atom is 0.262 e. The van der Waals surface area contributed by atoms with Crippen molar-refractivity contribution in [3.05, 3.63) is 71.3 Å². The Morgan fingerprint density at radius 3 is 2.15 bits per heavy atom. The monoisotopic (exact) mass is 352 g/mol. The number of ether oxygens (including phenoxy) is 1. The Morgan fingerprint density at radius 1 is 1.00 bits per heavy atom. The van der Waals surface area contributed by atoms with Gasteiger partial charge in [0.05, 0.1) is 17.7 Å². The van der Waals surface area contributed by atoms with Crippen molar-refractivity contribution in [1.29, 1.82) is 0 Å². The van der Waals surface area contributed by atoms with Crippen LogP contribution in [0.25, 0.3) is 0 Å². The summed E-state index contributed by atoms with van der Waals surface area (Å²) >= 11 is 0. The fourth-order valence-electron chi connectivity index (χ4n) is 3.02. The molecule has 0 saturated carbocycles. The average Bonchev–Trinajstić information content (AvgIpc) is 2.92. The zero-order chi connectivity index (χ0) is 18.5. The normalized spacial score (nSPS) is 14.3. The first-order chi connectivity index (χ1) is 12.6. The van der Waals surface area contributed by atoms with Crippen LogP contribution in [0.15, 0.2) is 54.6 Å². The number of carbonyl (C=O) groups excluding carboxylic acids is 3. The summed E-state index contributed by atoms with van der Waals surface area (Å²) in [4.78, 5) is 39.4. The summed E-state index contributed by atoms with van der Waals surface area (Å²) in [6.45, 7) is 0.662. The highest BCUT2D eigenvalue weighted by Gasteiger charge is 2.42. The first-order valence-corrected chi connectivity index (χ1v) is 8.41. The molecule has 1 aliphatic rings. The van der Waals surface area contributed by atoms with Gasteiger partial charge in [0, 0.05) is 20.1 Å². The fourth-order valence-corrected chi connectivity index (χ4v) is 3.02. The molecule has 6 heteroatoms. The van der Waals surface area contributed by atoms with Crippen LogP contribution >= 0.6 is 0 Å².